The maximum atomic E-state index is 13.5. The molecule has 0 N–H and O–H groups in total. The van der Waals surface area contributed by atoms with Crippen LogP contribution in [-0.2, 0) is 9.59 Å². The predicted molar refractivity (Wildman–Crippen MR) is 77.1 cm³/mol. The summed E-state index contributed by atoms with van der Waals surface area (Å²) in [6, 6.07) is 0. The van der Waals surface area contributed by atoms with E-state index in [0.29, 0.717) is 42.8 Å². The highest BCUT2D eigenvalue weighted by atomic mass is 19.1. The molecule has 3 saturated carbocycles. The molecule has 4 rings (SSSR count). The Labute approximate surface area is 124 Å². The van der Waals surface area contributed by atoms with E-state index in [9.17, 15) is 14.0 Å². The molecule has 112 valence electrons. The number of halogens is 1. The molecule has 0 bridgehead atoms. The lowest BCUT2D eigenvalue weighted by Gasteiger charge is -2.49. The molecule has 0 heterocycles. The molecule has 0 amide bonds. The van der Waals surface area contributed by atoms with Crippen LogP contribution in [0, 0.1) is 29.6 Å². The molecule has 0 radical (unpaired) electrons. The fourth-order valence-electron chi connectivity index (χ4n) is 5.58. The average Bonchev–Trinajstić information content (AvgIpc) is 2.87. The molecule has 0 aromatic rings. The largest absolute Gasteiger partial charge is 0.299 e. The minimum atomic E-state index is 0.0732. The number of Topliss-reactive ketones (excluding diaryl/α,β-unsaturated/α-hetero) is 1. The zero-order valence-corrected chi connectivity index (χ0v) is 12.2. The summed E-state index contributed by atoms with van der Waals surface area (Å²) in [7, 11) is 0. The van der Waals surface area contributed by atoms with Crippen LogP contribution in [0.5, 0.6) is 0 Å². The third-order valence-electron chi connectivity index (χ3n) is 6.41. The maximum Gasteiger partial charge on any atom is 0.155 e. The van der Waals surface area contributed by atoms with E-state index in [1.165, 1.54) is 5.57 Å². The molecular formula is C18H21FO2. The highest BCUT2D eigenvalue weighted by molar-refractivity contribution is 5.91. The van der Waals surface area contributed by atoms with Gasteiger partial charge in [0.25, 0.3) is 0 Å². The second-order valence-electron chi connectivity index (χ2n) is 7.22. The Morgan fingerprint density at radius 1 is 1.00 bits per heavy atom. The molecule has 4 aliphatic rings. The summed E-state index contributed by atoms with van der Waals surface area (Å²) in [5.74, 6) is 2.16. The second-order valence-corrected chi connectivity index (χ2v) is 7.22. The number of rotatable bonds is 0. The number of hydrogen-bond acceptors (Lipinski definition) is 2. The lowest BCUT2D eigenvalue weighted by Crippen LogP contribution is -2.43. The third kappa shape index (κ3) is 1.96. The van der Waals surface area contributed by atoms with Crippen LogP contribution in [0.15, 0.2) is 23.6 Å². The van der Waals surface area contributed by atoms with E-state index >= 15 is 0 Å². The number of fused-ring (bicyclic) bond motifs is 5. The lowest BCUT2D eigenvalue weighted by molar-refractivity contribution is -0.122. The van der Waals surface area contributed by atoms with E-state index in [4.69, 9.17) is 0 Å². The molecule has 0 aromatic carbocycles. The van der Waals surface area contributed by atoms with Crippen LogP contribution in [0.2, 0.25) is 0 Å². The van der Waals surface area contributed by atoms with Gasteiger partial charge in [0.1, 0.15) is 5.78 Å². The van der Waals surface area contributed by atoms with Gasteiger partial charge in [0.15, 0.2) is 5.78 Å². The summed E-state index contributed by atoms with van der Waals surface area (Å²) >= 11 is 0. The summed E-state index contributed by atoms with van der Waals surface area (Å²) in [5.41, 5.74) is 2.09. The molecule has 21 heavy (non-hydrogen) atoms. The molecule has 3 fully saturated rings. The summed E-state index contributed by atoms with van der Waals surface area (Å²) in [6.45, 7) is 0. The minimum absolute atomic E-state index is 0.0732. The van der Waals surface area contributed by atoms with Crippen molar-refractivity contribution < 1.29 is 14.0 Å². The van der Waals surface area contributed by atoms with Crippen LogP contribution in [0.25, 0.3) is 0 Å². The van der Waals surface area contributed by atoms with Gasteiger partial charge in [0.2, 0.25) is 0 Å². The number of hydrogen-bond donors (Lipinski definition) is 0. The van der Waals surface area contributed by atoms with Crippen LogP contribution >= 0.6 is 0 Å². The van der Waals surface area contributed by atoms with Crippen LogP contribution in [0.1, 0.15) is 44.9 Å². The summed E-state index contributed by atoms with van der Waals surface area (Å²) in [5, 5.41) is 0. The first-order chi connectivity index (χ1) is 10.2. The molecule has 0 saturated heterocycles. The van der Waals surface area contributed by atoms with Gasteiger partial charge in [-0.05, 0) is 67.4 Å². The predicted octanol–water partition coefficient (Wildman–Crippen LogP) is 3.77. The first kappa shape index (κ1) is 13.4. The van der Waals surface area contributed by atoms with Crippen molar-refractivity contribution in [2.24, 2.45) is 29.6 Å². The topological polar surface area (TPSA) is 34.1 Å². The van der Waals surface area contributed by atoms with Crippen molar-refractivity contribution in [3.63, 3.8) is 0 Å². The first-order valence-electron chi connectivity index (χ1n) is 8.24. The maximum absolute atomic E-state index is 13.5. The van der Waals surface area contributed by atoms with Gasteiger partial charge in [0, 0.05) is 18.8 Å². The van der Waals surface area contributed by atoms with Crippen LogP contribution in [-0.4, -0.2) is 11.6 Å². The normalized spacial score (nSPS) is 44.1. The Morgan fingerprint density at radius 2 is 1.81 bits per heavy atom. The van der Waals surface area contributed by atoms with Crippen LogP contribution in [0.3, 0.4) is 0 Å². The van der Waals surface area contributed by atoms with Crippen molar-refractivity contribution in [2.75, 3.05) is 0 Å². The SMILES string of the molecule is O=C1C=C2CC[C@H]3[C@@H]4CCC(=O)[C@H]4C/C(=C\F)[C@@H]3[C@H]2CC1. The van der Waals surface area contributed by atoms with E-state index in [2.05, 4.69) is 0 Å². The molecule has 0 spiro atoms. The van der Waals surface area contributed by atoms with Crippen molar-refractivity contribution in [2.45, 2.75) is 44.9 Å². The number of ketones is 2. The van der Waals surface area contributed by atoms with Gasteiger partial charge in [-0.2, -0.15) is 0 Å². The zero-order chi connectivity index (χ0) is 14.6. The molecule has 0 aromatic heterocycles. The van der Waals surface area contributed by atoms with Crippen LogP contribution in [0.4, 0.5) is 4.39 Å². The Kier molecular flexibility index (Phi) is 3.13. The van der Waals surface area contributed by atoms with E-state index in [0.717, 1.165) is 37.6 Å². The molecule has 5 atom stereocenters. The highest BCUT2D eigenvalue weighted by Gasteiger charge is 2.52. The van der Waals surface area contributed by atoms with Gasteiger partial charge in [0.05, 0.1) is 6.33 Å². The number of allylic oxidation sites excluding steroid dienone is 2. The molecular weight excluding hydrogens is 267 g/mol. The monoisotopic (exact) mass is 288 g/mol. The van der Waals surface area contributed by atoms with Gasteiger partial charge in [-0.1, -0.05) is 5.57 Å². The molecule has 4 aliphatic carbocycles. The van der Waals surface area contributed by atoms with E-state index in [-0.39, 0.29) is 17.6 Å². The second kappa shape index (κ2) is 4.89. The van der Waals surface area contributed by atoms with Gasteiger partial charge in [-0.3, -0.25) is 9.59 Å². The minimum Gasteiger partial charge on any atom is -0.299 e. The van der Waals surface area contributed by atoms with E-state index < -0.39 is 0 Å². The lowest BCUT2D eigenvalue weighted by atomic mass is 9.54. The van der Waals surface area contributed by atoms with Crippen molar-refractivity contribution in [3.05, 3.63) is 23.6 Å². The highest BCUT2D eigenvalue weighted by Crippen LogP contribution is 2.57. The smallest absolute Gasteiger partial charge is 0.155 e. The van der Waals surface area contributed by atoms with Crippen molar-refractivity contribution in [3.8, 4) is 0 Å². The Hall–Kier alpha value is -1.25. The number of carbonyl (C=O) groups is 2. The van der Waals surface area contributed by atoms with E-state index in [1.54, 1.807) is 0 Å². The Bertz CT molecular complexity index is 560. The molecule has 2 nitrogen and oxygen atoms in total. The van der Waals surface area contributed by atoms with Crippen LogP contribution < -0.4 is 0 Å². The van der Waals surface area contributed by atoms with Gasteiger partial charge in [-0.25, -0.2) is 4.39 Å². The standard InChI is InChI=1S/C18H21FO2/c19-9-11-8-16-14(5-6-17(16)21)15-3-1-10-7-12(20)2-4-13(10)18(11)15/h7,9,13-16,18H,1-6,8H2/b11-9+/t13-,14-,15-,16-,18+/m0/s1. The van der Waals surface area contributed by atoms with E-state index in [1.807, 2.05) is 6.08 Å². The fourth-order valence-corrected chi connectivity index (χ4v) is 5.58. The summed E-state index contributed by atoms with van der Waals surface area (Å²) in [6.07, 6.45) is 8.36. The third-order valence-corrected chi connectivity index (χ3v) is 6.41. The van der Waals surface area contributed by atoms with Crippen molar-refractivity contribution in [1.29, 1.82) is 0 Å². The van der Waals surface area contributed by atoms with Crippen molar-refractivity contribution in [1.82, 2.24) is 0 Å². The Morgan fingerprint density at radius 3 is 2.62 bits per heavy atom. The number of carbonyl (C=O) groups excluding carboxylic acids is 2. The average molecular weight is 288 g/mol. The Balaban J connectivity index is 1.71. The molecule has 0 aliphatic heterocycles. The quantitative estimate of drug-likeness (QED) is 0.680. The summed E-state index contributed by atoms with van der Waals surface area (Å²) < 4.78 is 13.5. The zero-order valence-electron chi connectivity index (χ0n) is 12.2. The molecule has 3 heteroatoms. The molecule has 0 unspecified atom stereocenters. The first-order valence-corrected chi connectivity index (χ1v) is 8.24. The van der Waals surface area contributed by atoms with Gasteiger partial charge in [-0.15, -0.1) is 0 Å². The van der Waals surface area contributed by atoms with Crippen molar-refractivity contribution >= 4 is 11.6 Å². The van der Waals surface area contributed by atoms with Gasteiger partial charge >= 0.3 is 0 Å². The fraction of sp³-hybridized carbons (Fsp3) is 0.667. The summed E-state index contributed by atoms with van der Waals surface area (Å²) in [4.78, 5) is 23.7. The van der Waals surface area contributed by atoms with Gasteiger partial charge < -0.3 is 0 Å².